The van der Waals surface area contributed by atoms with Crippen LogP contribution in [0.1, 0.15) is 58.8 Å². The number of nitrogens with one attached hydrogen (secondary N) is 2. The molecule has 0 radical (unpaired) electrons. The van der Waals surface area contributed by atoms with Crippen molar-refractivity contribution in [1.82, 2.24) is 15.5 Å². The summed E-state index contributed by atoms with van der Waals surface area (Å²) in [4.78, 5) is 25.9. The van der Waals surface area contributed by atoms with Crippen molar-refractivity contribution in [2.75, 3.05) is 32.7 Å². The number of carbonyl (C=O) groups excluding carboxylic acids is 2. The van der Waals surface area contributed by atoms with Crippen molar-refractivity contribution in [3.8, 4) is 0 Å². The minimum absolute atomic E-state index is 0.0795. The fraction of sp³-hybridized carbons (Fsp3) is 0.882. The maximum atomic E-state index is 12.1. The second-order valence-electron chi connectivity index (χ2n) is 6.25. The van der Waals surface area contributed by atoms with Crippen molar-refractivity contribution in [2.45, 2.75) is 58.8 Å². The third-order valence-electron chi connectivity index (χ3n) is 4.12. The normalized spacial score (nSPS) is 18.0. The molecule has 1 aliphatic rings. The first-order valence-electron chi connectivity index (χ1n) is 8.92. The zero-order chi connectivity index (χ0) is 16.2. The van der Waals surface area contributed by atoms with Gasteiger partial charge in [-0.3, -0.25) is 9.59 Å². The van der Waals surface area contributed by atoms with Gasteiger partial charge in [-0.2, -0.15) is 0 Å². The van der Waals surface area contributed by atoms with Crippen LogP contribution in [0.15, 0.2) is 0 Å². The molecule has 0 aromatic heterocycles. The summed E-state index contributed by atoms with van der Waals surface area (Å²) in [6.07, 6.45) is 5.95. The zero-order valence-electron chi connectivity index (χ0n) is 14.3. The zero-order valence-corrected chi connectivity index (χ0v) is 14.3. The number of rotatable bonds is 10. The van der Waals surface area contributed by atoms with Crippen LogP contribution < -0.4 is 10.6 Å². The van der Waals surface area contributed by atoms with E-state index in [1.165, 1.54) is 12.8 Å². The summed E-state index contributed by atoms with van der Waals surface area (Å²) in [5.74, 6) is 0.827. The molecule has 128 valence electrons. The number of nitrogens with zero attached hydrogens (tertiary/aromatic N) is 1. The second kappa shape index (κ2) is 11.5. The molecule has 1 unspecified atom stereocenters. The lowest BCUT2D eigenvalue weighted by Gasteiger charge is -2.23. The van der Waals surface area contributed by atoms with E-state index in [2.05, 4.69) is 24.5 Å². The average Bonchev–Trinajstić information content (AvgIpc) is 2.53. The first kappa shape index (κ1) is 18.9. The van der Waals surface area contributed by atoms with E-state index in [9.17, 15) is 9.59 Å². The fourth-order valence-corrected chi connectivity index (χ4v) is 2.90. The number of hydrogen-bond acceptors (Lipinski definition) is 3. The SMILES string of the molecule is CCCN(CCC)C(=O)CCCC(=O)NCC1CCCNC1. The molecule has 1 aliphatic heterocycles. The Hall–Kier alpha value is -1.10. The van der Waals surface area contributed by atoms with Crippen LogP contribution in [0.4, 0.5) is 0 Å². The molecule has 1 saturated heterocycles. The third kappa shape index (κ3) is 7.78. The average molecular weight is 311 g/mol. The molecule has 0 saturated carbocycles. The first-order chi connectivity index (χ1) is 10.7. The molecule has 1 fully saturated rings. The molecule has 0 spiro atoms. The van der Waals surface area contributed by atoms with E-state index in [0.29, 0.717) is 25.2 Å². The predicted octanol–water partition coefficient (Wildman–Crippen LogP) is 1.92. The molecule has 2 amide bonds. The summed E-state index contributed by atoms with van der Waals surface area (Å²) >= 11 is 0. The monoisotopic (exact) mass is 311 g/mol. The molecular formula is C17H33N3O2. The van der Waals surface area contributed by atoms with Gasteiger partial charge in [0.15, 0.2) is 0 Å². The van der Waals surface area contributed by atoms with Crippen molar-refractivity contribution in [2.24, 2.45) is 5.92 Å². The first-order valence-corrected chi connectivity index (χ1v) is 8.92. The van der Waals surface area contributed by atoms with Crippen LogP contribution in [-0.4, -0.2) is 49.4 Å². The standard InChI is InChI=1S/C17H33N3O2/c1-3-11-20(12-4-2)17(22)9-5-8-16(21)19-14-15-7-6-10-18-13-15/h15,18H,3-14H2,1-2H3,(H,19,21). The predicted molar refractivity (Wildman–Crippen MR) is 89.6 cm³/mol. The van der Waals surface area contributed by atoms with Crippen molar-refractivity contribution >= 4 is 11.8 Å². The minimum Gasteiger partial charge on any atom is -0.356 e. The van der Waals surface area contributed by atoms with Gasteiger partial charge in [-0.1, -0.05) is 13.8 Å². The second-order valence-corrected chi connectivity index (χ2v) is 6.25. The highest BCUT2D eigenvalue weighted by Gasteiger charge is 2.15. The van der Waals surface area contributed by atoms with E-state index < -0.39 is 0 Å². The van der Waals surface area contributed by atoms with Gasteiger partial charge in [0.2, 0.25) is 11.8 Å². The van der Waals surface area contributed by atoms with Gasteiger partial charge in [0.1, 0.15) is 0 Å². The van der Waals surface area contributed by atoms with Crippen molar-refractivity contribution < 1.29 is 9.59 Å². The van der Waals surface area contributed by atoms with Crippen LogP contribution in [0.3, 0.4) is 0 Å². The van der Waals surface area contributed by atoms with Gasteiger partial charge in [0.25, 0.3) is 0 Å². The van der Waals surface area contributed by atoms with Gasteiger partial charge < -0.3 is 15.5 Å². The van der Waals surface area contributed by atoms with Crippen LogP contribution in [-0.2, 0) is 9.59 Å². The summed E-state index contributed by atoms with van der Waals surface area (Å²) in [7, 11) is 0. The number of hydrogen-bond donors (Lipinski definition) is 2. The summed E-state index contributed by atoms with van der Waals surface area (Å²) in [5, 5.41) is 6.35. The van der Waals surface area contributed by atoms with Gasteiger partial charge in [-0.25, -0.2) is 0 Å². The third-order valence-corrected chi connectivity index (χ3v) is 4.12. The lowest BCUT2D eigenvalue weighted by Crippen LogP contribution is -2.38. The summed E-state index contributed by atoms with van der Waals surface area (Å²) in [6, 6.07) is 0. The summed E-state index contributed by atoms with van der Waals surface area (Å²) < 4.78 is 0. The molecule has 5 heteroatoms. The molecule has 0 aromatic rings. The Balaban J connectivity index is 2.13. The molecule has 1 atom stereocenters. The van der Waals surface area contributed by atoms with E-state index in [0.717, 1.165) is 45.6 Å². The number of amides is 2. The Morgan fingerprint density at radius 1 is 1.18 bits per heavy atom. The molecule has 0 aromatic carbocycles. The van der Waals surface area contributed by atoms with Crippen molar-refractivity contribution in [3.63, 3.8) is 0 Å². The molecule has 2 N–H and O–H groups in total. The lowest BCUT2D eigenvalue weighted by atomic mass is 10.00. The summed E-state index contributed by atoms with van der Waals surface area (Å²) in [5.41, 5.74) is 0. The summed E-state index contributed by atoms with van der Waals surface area (Å²) in [6.45, 7) is 8.69. The van der Waals surface area contributed by atoms with Gasteiger partial charge in [-0.05, 0) is 51.1 Å². The molecule has 22 heavy (non-hydrogen) atoms. The van der Waals surface area contributed by atoms with Gasteiger partial charge >= 0.3 is 0 Å². The Kier molecular flexibility index (Phi) is 9.87. The Morgan fingerprint density at radius 2 is 1.91 bits per heavy atom. The van der Waals surface area contributed by atoms with E-state index in [-0.39, 0.29) is 11.8 Å². The Morgan fingerprint density at radius 3 is 2.50 bits per heavy atom. The van der Waals surface area contributed by atoms with E-state index in [4.69, 9.17) is 0 Å². The number of carbonyl (C=O) groups is 2. The van der Waals surface area contributed by atoms with E-state index in [1.54, 1.807) is 0 Å². The number of piperidine rings is 1. The molecular weight excluding hydrogens is 278 g/mol. The molecule has 0 bridgehead atoms. The van der Waals surface area contributed by atoms with Crippen LogP contribution in [0.25, 0.3) is 0 Å². The van der Waals surface area contributed by atoms with Gasteiger partial charge in [-0.15, -0.1) is 0 Å². The molecule has 5 nitrogen and oxygen atoms in total. The van der Waals surface area contributed by atoms with Crippen LogP contribution in [0.2, 0.25) is 0 Å². The van der Waals surface area contributed by atoms with E-state index >= 15 is 0 Å². The minimum atomic E-state index is 0.0795. The maximum Gasteiger partial charge on any atom is 0.222 e. The van der Waals surface area contributed by atoms with Crippen molar-refractivity contribution in [1.29, 1.82) is 0 Å². The van der Waals surface area contributed by atoms with Crippen LogP contribution >= 0.6 is 0 Å². The highest BCUT2D eigenvalue weighted by molar-refractivity contribution is 5.78. The molecule has 1 heterocycles. The fourth-order valence-electron chi connectivity index (χ4n) is 2.90. The largest absolute Gasteiger partial charge is 0.356 e. The quantitative estimate of drug-likeness (QED) is 0.648. The van der Waals surface area contributed by atoms with Crippen LogP contribution in [0.5, 0.6) is 0 Å². The lowest BCUT2D eigenvalue weighted by molar-refractivity contribution is -0.131. The molecule has 1 rings (SSSR count). The Bertz CT molecular complexity index is 322. The highest BCUT2D eigenvalue weighted by atomic mass is 16.2. The smallest absolute Gasteiger partial charge is 0.222 e. The highest BCUT2D eigenvalue weighted by Crippen LogP contribution is 2.08. The molecule has 0 aliphatic carbocycles. The Labute approximate surface area is 135 Å². The van der Waals surface area contributed by atoms with Crippen LogP contribution in [0, 0.1) is 5.92 Å². The van der Waals surface area contributed by atoms with Crippen molar-refractivity contribution in [3.05, 3.63) is 0 Å². The van der Waals surface area contributed by atoms with E-state index in [1.807, 2.05) is 4.90 Å². The maximum absolute atomic E-state index is 12.1. The topological polar surface area (TPSA) is 61.4 Å². The van der Waals surface area contributed by atoms with Gasteiger partial charge in [0.05, 0.1) is 0 Å². The van der Waals surface area contributed by atoms with Gasteiger partial charge in [0, 0.05) is 32.5 Å².